The molecule has 0 radical (unpaired) electrons. The Hall–Kier alpha value is -4.27. The van der Waals surface area contributed by atoms with Crippen molar-refractivity contribution in [3.63, 3.8) is 0 Å². The van der Waals surface area contributed by atoms with Crippen LogP contribution in [0.3, 0.4) is 0 Å². The third-order valence-electron chi connectivity index (χ3n) is 5.45. The van der Waals surface area contributed by atoms with Crippen LogP contribution in [0.4, 0.5) is 0 Å². The molecule has 186 valence electrons. The molecule has 1 amide bonds. The van der Waals surface area contributed by atoms with E-state index in [0.717, 1.165) is 16.7 Å². The molecule has 0 aliphatic heterocycles. The van der Waals surface area contributed by atoms with Gasteiger partial charge in [-0.3, -0.25) is 19.0 Å². The summed E-state index contributed by atoms with van der Waals surface area (Å²) in [6.07, 6.45) is 5.11. The van der Waals surface area contributed by atoms with Crippen LogP contribution in [0, 0.1) is 6.92 Å². The van der Waals surface area contributed by atoms with Gasteiger partial charge < -0.3 is 14.6 Å². The zero-order valence-electron chi connectivity index (χ0n) is 21.0. The highest BCUT2D eigenvalue weighted by molar-refractivity contribution is 5.97. The number of hydrogen-bond donors (Lipinski definition) is 1. The molecule has 0 spiro atoms. The zero-order chi connectivity index (χ0) is 26.0. The van der Waals surface area contributed by atoms with Crippen molar-refractivity contribution in [1.82, 2.24) is 24.4 Å². The first kappa shape index (κ1) is 24.8. The summed E-state index contributed by atoms with van der Waals surface area (Å²) < 4.78 is 8.42. The first-order valence-corrected chi connectivity index (χ1v) is 11.6. The van der Waals surface area contributed by atoms with E-state index in [-0.39, 0.29) is 24.3 Å². The average molecular weight is 488 g/mol. The topological polar surface area (TPSA) is 108 Å². The minimum absolute atomic E-state index is 0.0851. The summed E-state index contributed by atoms with van der Waals surface area (Å²) in [5.41, 5.74) is 2.29. The van der Waals surface area contributed by atoms with Gasteiger partial charge in [0, 0.05) is 36.9 Å². The maximum absolute atomic E-state index is 13.4. The van der Waals surface area contributed by atoms with E-state index in [0.29, 0.717) is 11.1 Å². The van der Waals surface area contributed by atoms with Gasteiger partial charge in [0.2, 0.25) is 0 Å². The van der Waals surface area contributed by atoms with Gasteiger partial charge in [0.25, 0.3) is 11.5 Å². The highest BCUT2D eigenvalue weighted by atomic mass is 16.6. The lowest BCUT2D eigenvalue weighted by Crippen LogP contribution is -2.36. The molecule has 1 N–H and O–H groups in total. The Morgan fingerprint density at radius 1 is 1.08 bits per heavy atom. The Kier molecular flexibility index (Phi) is 6.74. The normalized spacial score (nSPS) is 11.5. The number of carbonyl (C=O) groups is 2. The first-order chi connectivity index (χ1) is 17.0. The van der Waals surface area contributed by atoms with E-state index < -0.39 is 23.0 Å². The third-order valence-corrected chi connectivity index (χ3v) is 5.45. The molecule has 9 heteroatoms. The highest BCUT2D eigenvalue weighted by Crippen LogP contribution is 2.21. The highest BCUT2D eigenvalue weighted by Gasteiger charge is 2.22. The number of aromatic nitrogens is 4. The molecule has 0 saturated carbocycles. The van der Waals surface area contributed by atoms with Crippen molar-refractivity contribution in [2.75, 3.05) is 0 Å². The maximum Gasteiger partial charge on any atom is 0.326 e. The van der Waals surface area contributed by atoms with Gasteiger partial charge in [-0.05, 0) is 45.4 Å². The Balaban J connectivity index is 1.75. The standard InChI is InChI=1S/C27H29N5O4/c1-17-6-8-18(9-7-17)12-29-25(34)21-11-19-10-20(22-14-31(5)16-30-22)13-28-24(19)32(26(21)35)15-23(33)36-27(2,3)4/h6-11,13-14,16H,12,15H2,1-5H3,(H,29,34). The number of amides is 1. The predicted molar refractivity (Wildman–Crippen MR) is 136 cm³/mol. The molecular weight excluding hydrogens is 458 g/mol. The maximum atomic E-state index is 13.4. The monoisotopic (exact) mass is 487 g/mol. The third kappa shape index (κ3) is 5.68. The SMILES string of the molecule is Cc1ccc(CNC(=O)c2cc3cc(-c4cn(C)cn4)cnc3n(CC(=O)OC(C)(C)C)c2=O)cc1. The lowest BCUT2D eigenvalue weighted by Gasteiger charge is -2.20. The Morgan fingerprint density at radius 2 is 1.81 bits per heavy atom. The van der Waals surface area contributed by atoms with Gasteiger partial charge >= 0.3 is 5.97 Å². The minimum Gasteiger partial charge on any atom is -0.459 e. The number of nitrogens with one attached hydrogen (secondary N) is 1. The fraction of sp³-hybridized carbons (Fsp3) is 0.296. The molecule has 0 bridgehead atoms. The molecule has 0 atom stereocenters. The van der Waals surface area contributed by atoms with Crippen LogP contribution in [-0.4, -0.2) is 36.6 Å². The first-order valence-electron chi connectivity index (χ1n) is 11.6. The molecule has 0 aliphatic rings. The van der Waals surface area contributed by atoms with E-state index in [1.54, 1.807) is 39.4 Å². The number of fused-ring (bicyclic) bond motifs is 1. The molecule has 3 heterocycles. The quantitative estimate of drug-likeness (QED) is 0.418. The van der Waals surface area contributed by atoms with Crippen molar-refractivity contribution in [3.05, 3.63) is 82.2 Å². The van der Waals surface area contributed by atoms with E-state index in [9.17, 15) is 14.4 Å². The Labute approximate surface area is 208 Å². The molecule has 0 aliphatic carbocycles. The molecule has 4 rings (SSSR count). The second-order valence-corrected chi connectivity index (χ2v) is 9.77. The number of nitrogens with zero attached hydrogens (tertiary/aromatic N) is 4. The van der Waals surface area contributed by atoms with Gasteiger partial charge in [0.1, 0.15) is 23.4 Å². The fourth-order valence-corrected chi connectivity index (χ4v) is 3.76. The number of carbonyl (C=O) groups excluding carboxylic acids is 2. The van der Waals surface area contributed by atoms with Crippen LogP contribution in [0.25, 0.3) is 22.3 Å². The molecule has 0 saturated heterocycles. The number of aryl methyl sites for hydroxylation is 2. The van der Waals surface area contributed by atoms with E-state index in [4.69, 9.17) is 4.74 Å². The zero-order valence-corrected chi connectivity index (χ0v) is 21.0. The summed E-state index contributed by atoms with van der Waals surface area (Å²) in [7, 11) is 1.86. The number of ether oxygens (including phenoxy) is 1. The van der Waals surface area contributed by atoms with E-state index >= 15 is 0 Å². The lowest BCUT2D eigenvalue weighted by atomic mass is 10.1. The number of imidazole rings is 1. The second kappa shape index (κ2) is 9.77. The molecule has 36 heavy (non-hydrogen) atoms. The van der Waals surface area contributed by atoms with Gasteiger partial charge in [-0.1, -0.05) is 29.8 Å². The number of hydrogen-bond acceptors (Lipinski definition) is 6. The number of pyridine rings is 2. The predicted octanol–water partition coefficient (Wildman–Crippen LogP) is 3.38. The van der Waals surface area contributed by atoms with Crippen LogP contribution < -0.4 is 10.9 Å². The summed E-state index contributed by atoms with van der Waals surface area (Å²) in [6.45, 7) is 7.11. The van der Waals surface area contributed by atoms with Crippen LogP contribution in [0.5, 0.6) is 0 Å². The molecule has 9 nitrogen and oxygen atoms in total. The van der Waals surface area contributed by atoms with Gasteiger partial charge in [-0.25, -0.2) is 9.97 Å². The summed E-state index contributed by atoms with van der Waals surface area (Å²) in [5.74, 6) is -1.14. The molecule has 4 aromatic rings. The van der Waals surface area contributed by atoms with E-state index in [2.05, 4.69) is 15.3 Å². The van der Waals surface area contributed by atoms with Gasteiger partial charge in [-0.2, -0.15) is 0 Å². The Morgan fingerprint density at radius 3 is 2.44 bits per heavy atom. The number of rotatable bonds is 6. The van der Waals surface area contributed by atoms with E-state index in [1.807, 2.05) is 49.0 Å². The van der Waals surface area contributed by atoms with Crippen molar-refractivity contribution >= 4 is 22.9 Å². The van der Waals surface area contributed by atoms with Crippen molar-refractivity contribution < 1.29 is 14.3 Å². The summed E-state index contributed by atoms with van der Waals surface area (Å²) in [6, 6.07) is 11.0. The molecular formula is C27H29N5O4. The van der Waals surface area contributed by atoms with Crippen LogP contribution >= 0.6 is 0 Å². The Bertz CT molecular complexity index is 1490. The molecule has 0 fully saturated rings. The average Bonchev–Trinajstić information content (AvgIpc) is 3.25. The number of benzene rings is 1. The molecule has 0 unspecified atom stereocenters. The van der Waals surface area contributed by atoms with Crippen molar-refractivity contribution in [2.45, 2.75) is 46.4 Å². The van der Waals surface area contributed by atoms with Crippen molar-refractivity contribution in [3.8, 4) is 11.3 Å². The lowest BCUT2D eigenvalue weighted by molar-refractivity contribution is -0.155. The van der Waals surface area contributed by atoms with E-state index in [1.165, 1.54) is 10.6 Å². The van der Waals surface area contributed by atoms with Crippen molar-refractivity contribution in [1.29, 1.82) is 0 Å². The largest absolute Gasteiger partial charge is 0.459 e. The fourth-order valence-electron chi connectivity index (χ4n) is 3.76. The summed E-state index contributed by atoms with van der Waals surface area (Å²) >= 11 is 0. The smallest absolute Gasteiger partial charge is 0.326 e. The van der Waals surface area contributed by atoms with Crippen molar-refractivity contribution in [2.24, 2.45) is 7.05 Å². The van der Waals surface area contributed by atoms with Gasteiger partial charge in [0.15, 0.2) is 0 Å². The van der Waals surface area contributed by atoms with Crippen LogP contribution in [0.15, 0.2) is 59.9 Å². The number of esters is 1. The van der Waals surface area contributed by atoms with Gasteiger partial charge in [-0.15, -0.1) is 0 Å². The van der Waals surface area contributed by atoms with Crippen LogP contribution in [0.2, 0.25) is 0 Å². The summed E-state index contributed by atoms with van der Waals surface area (Å²) in [4.78, 5) is 47.9. The molecule has 1 aromatic carbocycles. The van der Waals surface area contributed by atoms with Crippen LogP contribution in [-0.2, 0) is 29.7 Å². The second-order valence-electron chi connectivity index (χ2n) is 9.77. The minimum atomic E-state index is -0.723. The summed E-state index contributed by atoms with van der Waals surface area (Å²) in [5, 5.41) is 3.33. The van der Waals surface area contributed by atoms with Gasteiger partial charge in [0.05, 0.1) is 12.0 Å². The molecule has 3 aromatic heterocycles. The van der Waals surface area contributed by atoms with Crippen LogP contribution in [0.1, 0.15) is 42.3 Å².